The van der Waals surface area contributed by atoms with E-state index in [9.17, 15) is 0 Å². The van der Waals surface area contributed by atoms with Gasteiger partial charge in [0.2, 0.25) is 0 Å². The SMILES string of the molecule is CC(Nc1ccc(OCC#N)cc1)c1nccs1. The van der Waals surface area contributed by atoms with Crippen molar-refractivity contribution in [1.29, 1.82) is 5.26 Å². The number of hydrogen-bond donors (Lipinski definition) is 1. The van der Waals surface area contributed by atoms with E-state index in [1.807, 2.05) is 35.7 Å². The first-order chi connectivity index (χ1) is 8.79. The van der Waals surface area contributed by atoms with E-state index in [1.165, 1.54) is 0 Å². The van der Waals surface area contributed by atoms with Crippen molar-refractivity contribution in [3.05, 3.63) is 40.8 Å². The van der Waals surface area contributed by atoms with Gasteiger partial charge in [-0.05, 0) is 31.2 Å². The highest BCUT2D eigenvalue weighted by Crippen LogP contribution is 2.22. The van der Waals surface area contributed by atoms with Gasteiger partial charge >= 0.3 is 0 Å². The average Bonchev–Trinajstić information content (AvgIpc) is 2.92. The van der Waals surface area contributed by atoms with Crippen molar-refractivity contribution < 1.29 is 4.74 Å². The second-order valence-electron chi connectivity index (χ2n) is 3.71. The molecule has 1 heterocycles. The van der Waals surface area contributed by atoms with Crippen LogP contribution in [0.4, 0.5) is 5.69 Å². The quantitative estimate of drug-likeness (QED) is 0.895. The van der Waals surface area contributed by atoms with E-state index in [0.717, 1.165) is 10.7 Å². The standard InChI is InChI=1S/C13H13N3OS/c1-10(13-15-7-9-18-13)16-11-2-4-12(5-3-11)17-8-6-14/h2-5,7,9-10,16H,8H2,1H3. The van der Waals surface area contributed by atoms with Gasteiger partial charge in [0.1, 0.15) is 16.8 Å². The lowest BCUT2D eigenvalue weighted by molar-refractivity contribution is 0.368. The van der Waals surface area contributed by atoms with Crippen molar-refractivity contribution in [2.45, 2.75) is 13.0 Å². The summed E-state index contributed by atoms with van der Waals surface area (Å²) in [5.41, 5.74) is 1.00. The molecule has 4 nitrogen and oxygen atoms in total. The normalized spacial score (nSPS) is 11.6. The molecule has 0 bridgehead atoms. The fourth-order valence-electron chi connectivity index (χ4n) is 1.52. The number of ether oxygens (including phenoxy) is 1. The van der Waals surface area contributed by atoms with Gasteiger partial charge in [0.15, 0.2) is 6.61 Å². The molecule has 1 aromatic heterocycles. The Morgan fingerprint density at radius 3 is 2.83 bits per heavy atom. The molecule has 2 aromatic rings. The molecule has 0 aliphatic rings. The molecular formula is C13H13N3OS. The third kappa shape index (κ3) is 3.22. The largest absolute Gasteiger partial charge is 0.479 e. The molecule has 1 atom stereocenters. The third-order valence-electron chi connectivity index (χ3n) is 2.36. The fraction of sp³-hybridized carbons (Fsp3) is 0.231. The molecule has 0 saturated carbocycles. The summed E-state index contributed by atoms with van der Waals surface area (Å²) in [6.45, 7) is 2.14. The van der Waals surface area contributed by atoms with E-state index >= 15 is 0 Å². The van der Waals surface area contributed by atoms with Gasteiger partial charge in [0, 0.05) is 17.3 Å². The number of nitrogens with zero attached hydrogens (tertiary/aromatic N) is 2. The molecular weight excluding hydrogens is 246 g/mol. The van der Waals surface area contributed by atoms with E-state index in [4.69, 9.17) is 10.00 Å². The van der Waals surface area contributed by atoms with Crippen LogP contribution in [0.15, 0.2) is 35.8 Å². The highest BCUT2D eigenvalue weighted by Gasteiger charge is 2.07. The second kappa shape index (κ2) is 6.03. The molecule has 0 aliphatic carbocycles. The van der Waals surface area contributed by atoms with E-state index < -0.39 is 0 Å². The van der Waals surface area contributed by atoms with Crippen molar-refractivity contribution in [2.75, 3.05) is 11.9 Å². The summed E-state index contributed by atoms with van der Waals surface area (Å²) in [4.78, 5) is 4.27. The van der Waals surface area contributed by atoms with Crippen LogP contribution in [0.25, 0.3) is 0 Å². The minimum Gasteiger partial charge on any atom is -0.479 e. The van der Waals surface area contributed by atoms with Crippen molar-refractivity contribution in [3.8, 4) is 11.8 Å². The van der Waals surface area contributed by atoms with Crippen LogP contribution < -0.4 is 10.1 Å². The van der Waals surface area contributed by atoms with Gasteiger partial charge in [0.05, 0.1) is 6.04 Å². The number of rotatable bonds is 5. The summed E-state index contributed by atoms with van der Waals surface area (Å²) in [5.74, 6) is 0.698. The van der Waals surface area contributed by atoms with Gasteiger partial charge in [-0.25, -0.2) is 4.98 Å². The van der Waals surface area contributed by atoms with Gasteiger partial charge in [0.25, 0.3) is 0 Å². The monoisotopic (exact) mass is 259 g/mol. The Balaban J connectivity index is 1.96. The van der Waals surface area contributed by atoms with Gasteiger partial charge in [-0.1, -0.05) is 0 Å². The van der Waals surface area contributed by atoms with Gasteiger partial charge in [-0.15, -0.1) is 11.3 Å². The number of nitrogens with one attached hydrogen (secondary N) is 1. The molecule has 0 aliphatic heterocycles. The molecule has 1 aromatic carbocycles. The lowest BCUT2D eigenvalue weighted by atomic mass is 10.2. The number of hydrogen-bond acceptors (Lipinski definition) is 5. The Labute approximate surface area is 110 Å². The third-order valence-corrected chi connectivity index (χ3v) is 3.32. The van der Waals surface area contributed by atoms with Crippen LogP contribution in [-0.2, 0) is 0 Å². The molecule has 2 rings (SSSR count). The molecule has 0 fully saturated rings. The Kier molecular flexibility index (Phi) is 4.15. The minimum atomic E-state index is 0.0717. The number of aromatic nitrogens is 1. The lowest BCUT2D eigenvalue weighted by Crippen LogP contribution is -2.05. The molecule has 0 spiro atoms. The van der Waals surface area contributed by atoms with E-state index in [1.54, 1.807) is 17.5 Å². The predicted molar refractivity (Wildman–Crippen MR) is 71.7 cm³/mol. The number of benzene rings is 1. The molecule has 92 valence electrons. The molecule has 18 heavy (non-hydrogen) atoms. The van der Waals surface area contributed by atoms with Crippen molar-refractivity contribution in [1.82, 2.24) is 4.98 Å². The summed E-state index contributed by atoms with van der Waals surface area (Å²) in [6, 6.07) is 9.65. The molecule has 0 amide bonds. The Hall–Kier alpha value is -2.06. The van der Waals surface area contributed by atoms with Crippen LogP contribution in [0.2, 0.25) is 0 Å². The van der Waals surface area contributed by atoms with Crippen LogP contribution in [0.3, 0.4) is 0 Å². The zero-order valence-corrected chi connectivity index (χ0v) is 10.8. The molecule has 1 unspecified atom stereocenters. The molecule has 5 heteroatoms. The summed E-state index contributed by atoms with van der Waals surface area (Å²) in [5, 5.41) is 14.8. The maximum atomic E-state index is 8.41. The fourth-order valence-corrected chi connectivity index (χ4v) is 2.17. The Morgan fingerprint density at radius 2 is 2.22 bits per heavy atom. The zero-order valence-electron chi connectivity index (χ0n) is 9.96. The van der Waals surface area contributed by atoms with Gasteiger partial charge < -0.3 is 10.1 Å². The van der Waals surface area contributed by atoms with Crippen molar-refractivity contribution in [2.24, 2.45) is 0 Å². The topological polar surface area (TPSA) is 57.9 Å². The number of anilines is 1. The highest BCUT2D eigenvalue weighted by atomic mass is 32.1. The average molecular weight is 259 g/mol. The van der Waals surface area contributed by atoms with Crippen LogP contribution in [0, 0.1) is 11.3 Å². The molecule has 1 N–H and O–H groups in total. The Morgan fingerprint density at radius 1 is 1.44 bits per heavy atom. The minimum absolute atomic E-state index is 0.0717. The van der Waals surface area contributed by atoms with Crippen LogP contribution in [-0.4, -0.2) is 11.6 Å². The van der Waals surface area contributed by atoms with E-state index in [2.05, 4.69) is 17.2 Å². The maximum Gasteiger partial charge on any atom is 0.174 e. The van der Waals surface area contributed by atoms with Crippen LogP contribution in [0.1, 0.15) is 18.0 Å². The smallest absolute Gasteiger partial charge is 0.174 e. The molecule has 0 radical (unpaired) electrons. The predicted octanol–water partition coefficient (Wildman–Crippen LogP) is 3.22. The first-order valence-corrected chi connectivity index (χ1v) is 6.43. The van der Waals surface area contributed by atoms with E-state index in [-0.39, 0.29) is 12.6 Å². The van der Waals surface area contributed by atoms with E-state index in [0.29, 0.717) is 5.75 Å². The summed E-state index contributed by atoms with van der Waals surface area (Å²) in [6.07, 6.45) is 1.80. The van der Waals surface area contributed by atoms with Gasteiger partial charge in [-0.3, -0.25) is 0 Å². The number of thiazole rings is 1. The highest BCUT2D eigenvalue weighted by molar-refractivity contribution is 7.09. The first-order valence-electron chi connectivity index (χ1n) is 5.55. The first kappa shape index (κ1) is 12.4. The van der Waals surface area contributed by atoms with Crippen LogP contribution >= 0.6 is 11.3 Å². The van der Waals surface area contributed by atoms with Crippen LogP contribution in [0.5, 0.6) is 5.75 Å². The number of nitriles is 1. The summed E-state index contributed by atoms with van der Waals surface area (Å²) < 4.78 is 5.19. The molecule has 0 saturated heterocycles. The lowest BCUT2D eigenvalue weighted by Gasteiger charge is -2.13. The summed E-state index contributed by atoms with van der Waals surface area (Å²) >= 11 is 1.63. The summed E-state index contributed by atoms with van der Waals surface area (Å²) in [7, 11) is 0. The zero-order chi connectivity index (χ0) is 12.8. The maximum absolute atomic E-state index is 8.41. The van der Waals surface area contributed by atoms with Crippen molar-refractivity contribution >= 4 is 17.0 Å². The van der Waals surface area contributed by atoms with Crippen molar-refractivity contribution in [3.63, 3.8) is 0 Å². The second-order valence-corrected chi connectivity index (χ2v) is 4.63. The Bertz CT molecular complexity index is 516. The van der Waals surface area contributed by atoms with Gasteiger partial charge in [-0.2, -0.15) is 5.26 Å².